The molecule has 0 aliphatic carbocycles. The van der Waals surface area contributed by atoms with Gasteiger partial charge in [-0.1, -0.05) is 11.6 Å². The van der Waals surface area contributed by atoms with Gasteiger partial charge in [0.1, 0.15) is 0 Å². The SMILES string of the molecule is Cc1ccc2[nH]c(=O)c(CNc3ccc(N4CCCC(O)C4)cc3C)cc2c1. The Morgan fingerprint density at radius 3 is 2.82 bits per heavy atom. The minimum absolute atomic E-state index is 0.0552. The van der Waals surface area contributed by atoms with Crippen molar-refractivity contribution in [2.45, 2.75) is 39.3 Å². The summed E-state index contributed by atoms with van der Waals surface area (Å²) in [7, 11) is 0. The van der Waals surface area contributed by atoms with Crippen LogP contribution in [0.2, 0.25) is 0 Å². The molecule has 1 aliphatic rings. The summed E-state index contributed by atoms with van der Waals surface area (Å²) < 4.78 is 0. The highest BCUT2D eigenvalue weighted by Gasteiger charge is 2.18. The molecule has 3 N–H and O–H groups in total. The molecule has 1 unspecified atom stereocenters. The Balaban J connectivity index is 1.51. The van der Waals surface area contributed by atoms with Crippen LogP contribution < -0.4 is 15.8 Å². The molecule has 1 atom stereocenters. The summed E-state index contributed by atoms with van der Waals surface area (Å²) in [4.78, 5) is 17.6. The van der Waals surface area contributed by atoms with Crippen molar-refractivity contribution in [2.75, 3.05) is 23.3 Å². The second-order valence-electron chi connectivity index (χ2n) is 7.81. The van der Waals surface area contributed by atoms with Gasteiger partial charge in [-0.05, 0) is 74.0 Å². The van der Waals surface area contributed by atoms with Crippen molar-refractivity contribution in [1.82, 2.24) is 4.98 Å². The summed E-state index contributed by atoms with van der Waals surface area (Å²) >= 11 is 0. The first kappa shape index (κ1) is 18.6. The van der Waals surface area contributed by atoms with Crippen LogP contribution in [-0.2, 0) is 6.54 Å². The molecule has 0 bridgehead atoms. The minimum atomic E-state index is -0.241. The molecule has 28 heavy (non-hydrogen) atoms. The number of hydrogen-bond acceptors (Lipinski definition) is 4. The van der Waals surface area contributed by atoms with Gasteiger partial charge in [0, 0.05) is 42.1 Å². The standard InChI is InChI=1S/C23H27N3O2/c1-15-5-7-22-17(10-15)12-18(23(28)25-22)13-24-21-8-6-19(11-16(21)2)26-9-3-4-20(27)14-26/h5-8,10-12,20,24,27H,3-4,9,13-14H2,1-2H3,(H,25,28). The lowest BCUT2D eigenvalue weighted by atomic mass is 10.1. The third kappa shape index (κ3) is 3.90. The average Bonchev–Trinajstić information content (AvgIpc) is 2.67. The fourth-order valence-electron chi connectivity index (χ4n) is 3.93. The number of aromatic amines is 1. The minimum Gasteiger partial charge on any atom is -0.391 e. The van der Waals surface area contributed by atoms with E-state index in [2.05, 4.69) is 53.3 Å². The number of fused-ring (bicyclic) bond motifs is 1. The fourth-order valence-corrected chi connectivity index (χ4v) is 3.93. The molecule has 1 fully saturated rings. The van der Waals surface area contributed by atoms with Crippen molar-refractivity contribution in [3.63, 3.8) is 0 Å². The van der Waals surface area contributed by atoms with Crippen LogP contribution in [-0.4, -0.2) is 29.3 Å². The second kappa shape index (κ2) is 7.68. The molecule has 1 saturated heterocycles. The number of nitrogens with one attached hydrogen (secondary N) is 2. The number of aromatic nitrogens is 1. The van der Waals surface area contributed by atoms with E-state index in [0.717, 1.165) is 52.8 Å². The van der Waals surface area contributed by atoms with Crippen LogP contribution in [0, 0.1) is 13.8 Å². The molecule has 3 aromatic rings. The lowest BCUT2D eigenvalue weighted by Crippen LogP contribution is -2.38. The average molecular weight is 377 g/mol. The van der Waals surface area contributed by atoms with Crippen molar-refractivity contribution < 1.29 is 5.11 Å². The van der Waals surface area contributed by atoms with E-state index < -0.39 is 0 Å². The van der Waals surface area contributed by atoms with E-state index in [0.29, 0.717) is 13.1 Å². The molecule has 5 heteroatoms. The van der Waals surface area contributed by atoms with Crippen LogP contribution in [0.1, 0.15) is 29.5 Å². The van der Waals surface area contributed by atoms with Gasteiger partial charge in [0.05, 0.1) is 6.10 Å². The van der Waals surface area contributed by atoms with Gasteiger partial charge in [-0.25, -0.2) is 0 Å². The molecule has 0 saturated carbocycles. The number of piperidine rings is 1. The number of aliphatic hydroxyl groups is 1. The number of benzene rings is 2. The van der Waals surface area contributed by atoms with Gasteiger partial charge in [-0.15, -0.1) is 0 Å². The molecule has 2 heterocycles. The largest absolute Gasteiger partial charge is 0.391 e. The van der Waals surface area contributed by atoms with E-state index in [1.807, 2.05) is 18.2 Å². The van der Waals surface area contributed by atoms with Gasteiger partial charge in [-0.2, -0.15) is 0 Å². The van der Waals surface area contributed by atoms with Crippen molar-refractivity contribution >= 4 is 22.3 Å². The Hall–Kier alpha value is -2.79. The van der Waals surface area contributed by atoms with Crippen molar-refractivity contribution in [3.05, 3.63) is 69.5 Å². The monoisotopic (exact) mass is 377 g/mol. The summed E-state index contributed by atoms with van der Waals surface area (Å²) in [6.45, 7) is 6.27. The maximum absolute atomic E-state index is 12.4. The number of rotatable bonds is 4. The maximum Gasteiger partial charge on any atom is 0.253 e. The topological polar surface area (TPSA) is 68.4 Å². The Bertz CT molecular complexity index is 1060. The fraction of sp³-hybridized carbons (Fsp3) is 0.348. The normalized spacial score (nSPS) is 17.1. The van der Waals surface area contributed by atoms with Gasteiger partial charge in [-0.3, -0.25) is 4.79 Å². The van der Waals surface area contributed by atoms with Crippen molar-refractivity contribution in [1.29, 1.82) is 0 Å². The van der Waals surface area contributed by atoms with Crippen LogP contribution in [0.5, 0.6) is 0 Å². The Morgan fingerprint density at radius 2 is 2.04 bits per heavy atom. The zero-order valence-corrected chi connectivity index (χ0v) is 16.5. The molecule has 4 rings (SSSR count). The number of hydrogen-bond donors (Lipinski definition) is 3. The summed E-state index contributed by atoms with van der Waals surface area (Å²) in [5, 5.41) is 14.4. The molecule has 0 radical (unpaired) electrons. The number of H-pyrrole nitrogens is 1. The highest BCUT2D eigenvalue weighted by Crippen LogP contribution is 2.25. The van der Waals surface area contributed by atoms with Gasteiger partial charge >= 0.3 is 0 Å². The predicted molar refractivity (Wildman–Crippen MR) is 115 cm³/mol. The van der Waals surface area contributed by atoms with E-state index in [4.69, 9.17) is 0 Å². The predicted octanol–water partition coefficient (Wildman–Crippen LogP) is 3.72. The molecule has 0 amide bonds. The lowest BCUT2D eigenvalue weighted by molar-refractivity contribution is 0.154. The smallest absolute Gasteiger partial charge is 0.253 e. The molecule has 1 aliphatic heterocycles. The number of anilines is 2. The van der Waals surface area contributed by atoms with Crippen LogP contribution in [0.3, 0.4) is 0 Å². The zero-order chi connectivity index (χ0) is 19.7. The summed E-state index contributed by atoms with van der Waals surface area (Å²) in [6.07, 6.45) is 1.66. The molecular formula is C23H27N3O2. The van der Waals surface area contributed by atoms with Crippen LogP contribution in [0.25, 0.3) is 10.9 Å². The molecule has 2 aromatic carbocycles. The van der Waals surface area contributed by atoms with Gasteiger partial charge in [0.25, 0.3) is 5.56 Å². The van der Waals surface area contributed by atoms with E-state index >= 15 is 0 Å². The molecule has 146 valence electrons. The van der Waals surface area contributed by atoms with E-state index in [1.54, 1.807) is 0 Å². The zero-order valence-electron chi connectivity index (χ0n) is 16.5. The number of aliphatic hydroxyl groups excluding tert-OH is 1. The Kier molecular flexibility index (Phi) is 5.09. The molecule has 5 nitrogen and oxygen atoms in total. The Labute approximate surface area is 165 Å². The second-order valence-corrected chi connectivity index (χ2v) is 7.81. The first-order valence-electron chi connectivity index (χ1n) is 9.90. The third-order valence-electron chi connectivity index (χ3n) is 5.52. The van der Waals surface area contributed by atoms with Crippen molar-refractivity contribution in [3.8, 4) is 0 Å². The first-order valence-corrected chi connectivity index (χ1v) is 9.90. The molecule has 1 aromatic heterocycles. The van der Waals surface area contributed by atoms with Gasteiger partial charge < -0.3 is 20.3 Å². The van der Waals surface area contributed by atoms with Crippen molar-refractivity contribution in [2.24, 2.45) is 0 Å². The number of aryl methyl sites for hydroxylation is 2. The maximum atomic E-state index is 12.4. The van der Waals surface area contributed by atoms with E-state index in [-0.39, 0.29) is 11.7 Å². The first-order chi connectivity index (χ1) is 13.5. The summed E-state index contributed by atoms with van der Waals surface area (Å²) in [5.74, 6) is 0. The van der Waals surface area contributed by atoms with Crippen LogP contribution >= 0.6 is 0 Å². The quantitative estimate of drug-likeness (QED) is 0.648. The van der Waals surface area contributed by atoms with E-state index in [9.17, 15) is 9.90 Å². The number of nitrogens with zero attached hydrogens (tertiary/aromatic N) is 1. The number of pyridine rings is 1. The number of β-amino-alcohol motifs (C(OH)–C–C–N with tert-alkyl or cyclic N) is 1. The van der Waals surface area contributed by atoms with E-state index in [1.165, 1.54) is 5.56 Å². The lowest BCUT2D eigenvalue weighted by Gasteiger charge is -2.32. The Morgan fingerprint density at radius 1 is 1.18 bits per heavy atom. The summed E-state index contributed by atoms with van der Waals surface area (Å²) in [6, 6.07) is 14.3. The summed E-state index contributed by atoms with van der Waals surface area (Å²) in [5.41, 5.74) is 5.99. The van der Waals surface area contributed by atoms with Gasteiger partial charge in [0.15, 0.2) is 0 Å². The van der Waals surface area contributed by atoms with Crippen LogP contribution in [0.15, 0.2) is 47.3 Å². The molecule has 0 spiro atoms. The highest BCUT2D eigenvalue weighted by atomic mass is 16.3. The van der Waals surface area contributed by atoms with Crippen LogP contribution in [0.4, 0.5) is 11.4 Å². The third-order valence-corrected chi connectivity index (χ3v) is 5.52. The van der Waals surface area contributed by atoms with Gasteiger partial charge in [0.2, 0.25) is 0 Å². The molecular weight excluding hydrogens is 350 g/mol. The highest BCUT2D eigenvalue weighted by molar-refractivity contribution is 5.79.